The number of hydrogen-bond donors (Lipinski definition) is 1. The highest BCUT2D eigenvalue weighted by atomic mass is 32.2. The summed E-state index contributed by atoms with van der Waals surface area (Å²) in [6.07, 6.45) is 1.77. The zero-order valence-electron chi connectivity index (χ0n) is 12.1. The zero-order chi connectivity index (χ0) is 15.6. The molecule has 0 atom stereocenters. The van der Waals surface area contributed by atoms with E-state index in [1.807, 2.05) is 12.1 Å². The van der Waals surface area contributed by atoms with Gasteiger partial charge in [-0.2, -0.15) is 0 Å². The second-order valence-electron chi connectivity index (χ2n) is 5.69. The van der Waals surface area contributed by atoms with E-state index in [0.29, 0.717) is 5.03 Å². The smallest absolute Gasteiger partial charge is 0.335 e. The number of rotatable bonds is 3. The van der Waals surface area contributed by atoms with Gasteiger partial charge in [0.15, 0.2) is 0 Å². The van der Waals surface area contributed by atoms with Crippen molar-refractivity contribution >= 4 is 17.7 Å². The molecule has 2 aromatic rings. The summed E-state index contributed by atoms with van der Waals surface area (Å²) in [5, 5.41) is 9.57. The highest BCUT2D eigenvalue weighted by Gasteiger charge is 2.15. The van der Waals surface area contributed by atoms with E-state index in [0.717, 1.165) is 23.4 Å². The highest BCUT2D eigenvalue weighted by Crippen LogP contribution is 2.30. The molecule has 0 amide bonds. The Bertz CT molecular complexity index is 663. The van der Waals surface area contributed by atoms with Crippen LogP contribution in [0, 0.1) is 5.82 Å². The molecule has 110 valence electrons. The van der Waals surface area contributed by atoms with E-state index in [1.54, 1.807) is 6.20 Å². The van der Waals surface area contributed by atoms with Crippen LogP contribution in [0.4, 0.5) is 4.39 Å². The van der Waals surface area contributed by atoms with Crippen molar-refractivity contribution in [1.29, 1.82) is 0 Å². The SMILES string of the molecule is CC(C)(C)c1ccc(Sc2cc(C(=O)O)ccc2F)nc1. The molecule has 3 nitrogen and oxygen atoms in total. The Balaban J connectivity index is 2.26. The summed E-state index contributed by atoms with van der Waals surface area (Å²) >= 11 is 1.12. The first-order chi connectivity index (χ1) is 9.77. The molecule has 0 radical (unpaired) electrons. The number of hydrogen-bond acceptors (Lipinski definition) is 3. The third-order valence-electron chi connectivity index (χ3n) is 3.00. The van der Waals surface area contributed by atoms with Crippen molar-refractivity contribution in [2.45, 2.75) is 36.1 Å². The molecular formula is C16H16FNO2S. The van der Waals surface area contributed by atoms with Crippen LogP contribution in [-0.4, -0.2) is 16.1 Å². The number of aromatic carboxylic acids is 1. The normalized spacial score (nSPS) is 11.4. The molecule has 1 aromatic heterocycles. The van der Waals surface area contributed by atoms with Crippen LogP contribution in [0.25, 0.3) is 0 Å². The van der Waals surface area contributed by atoms with Gasteiger partial charge in [0.05, 0.1) is 10.5 Å². The largest absolute Gasteiger partial charge is 0.478 e. The van der Waals surface area contributed by atoms with Crippen molar-refractivity contribution in [2.24, 2.45) is 0 Å². The van der Waals surface area contributed by atoms with Crippen molar-refractivity contribution < 1.29 is 14.3 Å². The van der Waals surface area contributed by atoms with E-state index in [-0.39, 0.29) is 15.9 Å². The van der Waals surface area contributed by atoms with E-state index in [1.165, 1.54) is 12.1 Å². The maximum absolute atomic E-state index is 13.7. The number of carbonyl (C=O) groups is 1. The lowest BCUT2D eigenvalue weighted by Crippen LogP contribution is -2.11. The van der Waals surface area contributed by atoms with Gasteiger partial charge in [0.1, 0.15) is 10.8 Å². The molecule has 5 heteroatoms. The second kappa shape index (κ2) is 5.85. The minimum atomic E-state index is -1.08. The van der Waals surface area contributed by atoms with E-state index >= 15 is 0 Å². The van der Waals surface area contributed by atoms with Gasteiger partial charge in [0.25, 0.3) is 0 Å². The van der Waals surface area contributed by atoms with Crippen LogP contribution in [0.15, 0.2) is 46.5 Å². The molecule has 0 spiro atoms. The number of carboxylic acid groups (broad SMARTS) is 1. The molecule has 0 saturated heterocycles. The number of benzene rings is 1. The summed E-state index contributed by atoms with van der Waals surface area (Å²) in [6, 6.07) is 7.50. The summed E-state index contributed by atoms with van der Waals surface area (Å²) in [4.78, 5) is 15.5. The summed E-state index contributed by atoms with van der Waals surface area (Å²) < 4.78 is 13.7. The van der Waals surface area contributed by atoms with Crippen LogP contribution in [0.3, 0.4) is 0 Å². The number of halogens is 1. The van der Waals surface area contributed by atoms with Crippen molar-refractivity contribution in [2.75, 3.05) is 0 Å². The minimum absolute atomic E-state index is 0.00463. The first-order valence-electron chi connectivity index (χ1n) is 6.44. The molecule has 1 heterocycles. The Morgan fingerprint density at radius 1 is 1.24 bits per heavy atom. The molecule has 1 aromatic carbocycles. The summed E-state index contributed by atoms with van der Waals surface area (Å²) in [7, 11) is 0. The first-order valence-corrected chi connectivity index (χ1v) is 7.26. The number of carboxylic acids is 1. The molecular weight excluding hydrogens is 289 g/mol. The minimum Gasteiger partial charge on any atom is -0.478 e. The van der Waals surface area contributed by atoms with E-state index in [2.05, 4.69) is 25.8 Å². The number of pyridine rings is 1. The Morgan fingerprint density at radius 3 is 2.48 bits per heavy atom. The summed E-state index contributed by atoms with van der Waals surface area (Å²) in [5.74, 6) is -1.53. The van der Waals surface area contributed by atoms with E-state index < -0.39 is 11.8 Å². The summed E-state index contributed by atoms with van der Waals surface area (Å²) in [5.41, 5.74) is 1.15. The van der Waals surface area contributed by atoms with Gasteiger partial charge in [-0.15, -0.1) is 0 Å². The van der Waals surface area contributed by atoms with Crippen LogP contribution in [0.5, 0.6) is 0 Å². The Labute approximate surface area is 127 Å². The lowest BCUT2D eigenvalue weighted by Gasteiger charge is -2.18. The molecule has 0 aliphatic heterocycles. The van der Waals surface area contributed by atoms with Crippen LogP contribution in [-0.2, 0) is 5.41 Å². The quantitative estimate of drug-likeness (QED) is 0.915. The fourth-order valence-corrected chi connectivity index (χ4v) is 2.53. The van der Waals surface area contributed by atoms with Crippen LogP contribution in [0.1, 0.15) is 36.7 Å². The number of aromatic nitrogens is 1. The standard InChI is InChI=1S/C16H16FNO2S/c1-16(2,3)11-5-7-14(18-9-11)21-13-8-10(15(19)20)4-6-12(13)17/h4-9H,1-3H3,(H,19,20). The molecule has 0 unspecified atom stereocenters. The van der Waals surface area contributed by atoms with Crippen molar-refractivity contribution in [3.63, 3.8) is 0 Å². The Morgan fingerprint density at radius 2 is 1.95 bits per heavy atom. The highest BCUT2D eigenvalue weighted by molar-refractivity contribution is 7.99. The van der Waals surface area contributed by atoms with Gasteiger partial charge in [0.2, 0.25) is 0 Å². The second-order valence-corrected chi connectivity index (χ2v) is 6.75. The van der Waals surface area contributed by atoms with E-state index in [9.17, 15) is 9.18 Å². The maximum Gasteiger partial charge on any atom is 0.335 e. The van der Waals surface area contributed by atoms with E-state index in [4.69, 9.17) is 5.11 Å². The van der Waals surface area contributed by atoms with Gasteiger partial charge in [-0.25, -0.2) is 14.2 Å². The topological polar surface area (TPSA) is 50.2 Å². The summed E-state index contributed by atoms with van der Waals surface area (Å²) in [6.45, 7) is 6.27. The molecule has 0 saturated carbocycles. The van der Waals surface area contributed by atoms with Gasteiger partial charge >= 0.3 is 5.97 Å². The average Bonchev–Trinajstić information content (AvgIpc) is 2.40. The molecule has 1 N–H and O–H groups in total. The van der Waals surface area contributed by atoms with Gasteiger partial charge in [0, 0.05) is 6.20 Å². The first kappa shape index (κ1) is 15.5. The monoisotopic (exact) mass is 305 g/mol. The Hall–Kier alpha value is -1.88. The average molecular weight is 305 g/mol. The van der Waals surface area contributed by atoms with Gasteiger partial charge in [-0.3, -0.25) is 0 Å². The molecule has 2 rings (SSSR count). The number of nitrogens with zero attached hydrogens (tertiary/aromatic N) is 1. The van der Waals surface area contributed by atoms with Crippen molar-refractivity contribution in [3.8, 4) is 0 Å². The van der Waals surface area contributed by atoms with Crippen molar-refractivity contribution in [1.82, 2.24) is 4.98 Å². The third-order valence-corrected chi connectivity index (χ3v) is 3.98. The van der Waals surface area contributed by atoms with Crippen molar-refractivity contribution in [3.05, 3.63) is 53.5 Å². The van der Waals surface area contributed by atoms with Gasteiger partial charge in [-0.1, -0.05) is 38.6 Å². The zero-order valence-corrected chi connectivity index (χ0v) is 12.9. The molecule has 0 aliphatic carbocycles. The van der Waals surface area contributed by atoms with Gasteiger partial charge < -0.3 is 5.11 Å². The molecule has 0 aliphatic rings. The predicted molar refractivity (Wildman–Crippen MR) is 80.4 cm³/mol. The lowest BCUT2D eigenvalue weighted by molar-refractivity contribution is 0.0696. The lowest BCUT2D eigenvalue weighted by atomic mass is 9.88. The molecule has 0 bridgehead atoms. The van der Waals surface area contributed by atoms with Crippen LogP contribution < -0.4 is 0 Å². The predicted octanol–water partition coefficient (Wildman–Crippen LogP) is 4.37. The molecule has 21 heavy (non-hydrogen) atoms. The molecule has 0 fully saturated rings. The fraction of sp³-hybridized carbons (Fsp3) is 0.250. The fourth-order valence-electron chi connectivity index (χ4n) is 1.71. The Kier molecular flexibility index (Phi) is 4.32. The van der Waals surface area contributed by atoms with Crippen LogP contribution in [0.2, 0.25) is 0 Å². The third kappa shape index (κ3) is 3.82. The van der Waals surface area contributed by atoms with Crippen LogP contribution >= 0.6 is 11.8 Å². The van der Waals surface area contributed by atoms with Gasteiger partial charge in [-0.05, 0) is 35.2 Å². The maximum atomic E-state index is 13.7.